The van der Waals surface area contributed by atoms with Crippen molar-refractivity contribution in [2.45, 2.75) is 20.4 Å². The second kappa shape index (κ2) is 8.71. The van der Waals surface area contributed by atoms with Gasteiger partial charge >= 0.3 is 0 Å². The molecule has 6 nitrogen and oxygen atoms in total. The van der Waals surface area contributed by atoms with E-state index in [2.05, 4.69) is 5.32 Å². The summed E-state index contributed by atoms with van der Waals surface area (Å²) >= 11 is 0. The lowest BCUT2D eigenvalue weighted by molar-refractivity contribution is -0.119. The first kappa shape index (κ1) is 19.8. The number of para-hydroxylation sites is 2. The topological polar surface area (TPSA) is 75.7 Å². The molecule has 0 saturated heterocycles. The predicted molar refractivity (Wildman–Crippen MR) is 103 cm³/mol. The fourth-order valence-electron chi connectivity index (χ4n) is 2.53. The Morgan fingerprint density at radius 2 is 1.88 bits per heavy atom. The van der Waals surface area contributed by atoms with Crippen molar-refractivity contribution in [3.63, 3.8) is 0 Å². The van der Waals surface area contributed by atoms with Crippen molar-refractivity contribution in [3.05, 3.63) is 59.7 Å². The van der Waals surface area contributed by atoms with Crippen LogP contribution in [0.5, 0.6) is 5.75 Å². The normalized spacial score (nSPS) is 11.0. The second-order valence-corrected chi connectivity index (χ2v) is 7.84. The average Bonchev–Trinajstić information content (AvgIpc) is 2.58. The van der Waals surface area contributed by atoms with Crippen LogP contribution in [0.2, 0.25) is 0 Å². The Labute approximate surface area is 154 Å². The summed E-state index contributed by atoms with van der Waals surface area (Å²) < 4.78 is 31.0. The molecule has 140 valence electrons. The molecule has 2 rings (SSSR count). The monoisotopic (exact) mass is 376 g/mol. The zero-order chi connectivity index (χ0) is 19.2. The van der Waals surface area contributed by atoms with Gasteiger partial charge in [-0.2, -0.15) is 0 Å². The molecule has 0 radical (unpaired) electrons. The lowest BCUT2D eigenvalue weighted by atomic mass is 10.1. The van der Waals surface area contributed by atoms with Gasteiger partial charge in [0.05, 0.1) is 18.6 Å². The molecule has 0 aliphatic carbocycles. The SMILES string of the molecule is CCOc1ccccc1N(CC(=O)NCc1cccc(C)c1)S(C)(=O)=O. The first-order valence-electron chi connectivity index (χ1n) is 8.33. The number of aryl methyl sites for hydroxylation is 1. The molecule has 1 N–H and O–H groups in total. The zero-order valence-corrected chi connectivity index (χ0v) is 16.0. The molecular formula is C19H24N2O4S. The number of nitrogens with one attached hydrogen (secondary N) is 1. The summed E-state index contributed by atoms with van der Waals surface area (Å²) in [5.74, 6) is 0.0372. The number of sulfonamides is 1. The number of nitrogens with zero attached hydrogens (tertiary/aromatic N) is 1. The third-order valence-corrected chi connectivity index (χ3v) is 4.82. The molecule has 0 heterocycles. The number of amides is 1. The Bertz CT molecular complexity index is 865. The third kappa shape index (κ3) is 5.49. The Balaban J connectivity index is 2.15. The Morgan fingerprint density at radius 3 is 2.54 bits per heavy atom. The van der Waals surface area contributed by atoms with Gasteiger partial charge in [-0.05, 0) is 31.5 Å². The van der Waals surface area contributed by atoms with E-state index in [-0.39, 0.29) is 12.5 Å². The molecule has 0 aromatic heterocycles. The maximum atomic E-state index is 12.3. The summed E-state index contributed by atoms with van der Waals surface area (Å²) in [7, 11) is -3.65. The summed E-state index contributed by atoms with van der Waals surface area (Å²) in [6, 6.07) is 14.5. The van der Waals surface area contributed by atoms with Crippen molar-refractivity contribution >= 4 is 21.6 Å². The highest BCUT2D eigenvalue weighted by Gasteiger charge is 2.23. The fourth-order valence-corrected chi connectivity index (χ4v) is 3.39. The smallest absolute Gasteiger partial charge is 0.241 e. The van der Waals surface area contributed by atoms with E-state index in [1.165, 1.54) is 0 Å². The van der Waals surface area contributed by atoms with Crippen molar-refractivity contribution < 1.29 is 17.9 Å². The molecule has 7 heteroatoms. The van der Waals surface area contributed by atoms with Crippen LogP contribution in [0.15, 0.2) is 48.5 Å². The van der Waals surface area contributed by atoms with Crippen LogP contribution in [-0.4, -0.2) is 33.7 Å². The molecule has 0 spiro atoms. The molecule has 2 aromatic rings. The van der Waals surface area contributed by atoms with Gasteiger partial charge in [0.15, 0.2) is 0 Å². The van der Waals surface area contributed by atoms with E-state index in [1.54, 1.807) is 24.3 Å². The van der Waals surface area contributed by atoms with Crippen molar-refractivity contribution in [2.75, 3.05) is 23.7 Å². The highest BCUT2D eigenvalue weighted by atomic mass is 32.2. The number of rotatable bonds is 8. The summed E-state index contributed by atoms with van der Waals surface area (Å²) in [6.07, 6.45) is 1.07. The number of hydrogen-bond donors (Lipinski definition) is 1. The van der Waals surface area contributed by atoms with E-state index in [0.29, 0.717) is 24.6 Å². The van der Waals surface area contributed by atoms with Crippen LogP contribution in [0.1, 0.15) is 18.1 Å². The van der Waals surface area contributed by atoms with Crippen LogP contribution in [0, 0.1) is 6.92 Å². The molecule has 0 saturated carbocycles. The van der Waals surface area contributed by atoms with Crippen LogP contribution in [0.4, 0.5) is 5.69 Å². The lowest BCUT2D eigenvalue weighted by Crippen LogP contribution is -2.40. The van der Waals surface area contributed by atoms with Gasteiger partial charge in [-0.15, -0.1) is 0 Å². The van der Waals surface area contributed by atoms with Gasteiger partial charge in [0.2, 0.25) is 15.9 Å². The summed E-state index contributed by atoms with van der Waals surface area (Å²) in [4.78, 5) is 12.3. The molecular weight excluding hydrogens is 352 g/mol. The first-order valence-corrected chi connectivity index (χ1v) is 10.2. The number of carbonyl (C=O) groups excluding carboxylic acids is 1. The van der Waals surface area contributed by atoms with Gasteiger partial charge in [0.25, 0.3) is 0 Å². The maximum Gasteiger partial charge on any atom is 0.241 e. The van der Waals surface area contributed by atoms with Gasteiger partial charge in [-0.1, -0.05) is 42.0 Å². The van der Waals surface area contributed by atoms with Gasteiger partial charge in [-0.25, -0.2) is 8.42 Å². The molecule has 0 aliphatic heterocycles. The predicted octanol–water partition coefficient (Wildman–Crippen LogP) is 2.48. The highest BCUT2D eigenvalue weighted by Crippen LogP contribution is 2.29. The molecule has 0 fully saturated rings. The highest BCUT2D eigenvalue weighted by molar-refractivity contribution is 7.92. The van der Waals surface area contributed by atoms with E-state index in [0.717, 1.165) is 21.7 Å². The van der Waals surface area contributed by atoms with Crippen molar-refractivity contribution in [1.29, 1.82) is 0 Å². The fraction of sp³-hybridized carbons (Fsp3) is 0.316. The number of carbonyl (C=O) groups is 1. The minimum Gasteiger partial charge on any atom is -0.492 e. The van der Waals surface area contributed by atoms with Gasteiger partial charge < -0.3 is 10.1 Å². The van der Waals surface area contributed by atoms with Crippen LogP contribution in [-0.2, 0) is 21.4 Å². The Morgan fingerprint density at radius 1 is 1.15 bits per heavy atom. The van der Waals surface area contributed by atoms with E-state index < -0.39 is 10.0 Å². The molecule has 2 aromatic carbocycles. The van der Waals surface area contributed by atoms with Crippen molar-refractivity contribution in [1.82, 2.24) is 5.32 Å². The summed E-state index contributed by atoms with van der Waals surface area (Å²) in [5, 5.41) is 2.76. The van der Waals surface area contributed by atoms with Crippen LogP contribution in [0.3, 0.4) is 0 Å². The molecule has 0 unspecified atom stereocenters. The van der Waals surface area contributed by atoms with E-state index in [9.17, 15) is 13.2 Å². The van der Waals surface area contributed by atoms with Gasteiger partial charge in [0, 0.05) is 6.54 Å². The Hall–Kier alpha value is -2.54. The maximum absolute atomic E-state index is 12.3. The second-order valence-electron chi connectivity index (χ2n) is 5.94. The van der Waals surface area contributed by atoms with Crippen LogP contribution in [0.25, 0.3) is 0 Å². The largest absolute Gasteiger partial charge is 0.492 e. The third-order valence-electron chi connectivity index (χ3n) is 3.69. The van der Waals surface area contributed by atoms with Crippen LogP contribution < -0.4 is 14.4 Å². The molecule has 1 amide bonds. The summed E-state index contributed by atoms with van der Waals surface area (Å²) in [5.41, 5.74) is 2.40. The van der Waals surface area contributed by atoms with Gasteiger partial charge in [0.1, 0.15) is 12.3 Å². The van der Waals surface area contributed by atoms with Crippen molar-refractivity contribution in [3.8, 4) is 5.75 Å². The molecule has 0 aliphatic rings. The van der Waals surface area contributed by atoms with E-state index in [4.69, 9.17) is 4.74 Å². The lowest BCUT2D eigenvalue weighted by Gasteiger charge is -2.24. The minimum atomic E-state index is -3.65. The number of ether oxygens (including phenoxy) is 1. The molecule has 0 bridgehead atoms. The van der Waals surface area contributed by atoms with E-state index >= 15 is 0 Å². The number of hydrogen-bond acceptors (Lipinski definition) is 4. The molecule has 0 atom stereocenters. The Kier molecular flexibility index (Phi) is 6.63. The number of anilines is 1. The zero-order valence-electron chi connectivity index (χ0n) is 15.2. The quantitative estimate of drug-likeness (QED) is 0.768. The first-order chi connectivity index (χ1) is 12.3. The van der Waals surface area contributed by atoms with Gasteiger partial charge in [-0.3, -0.25) is 9.10 Å². The van der Waals surface area contributed by atoms with Crippen LogP contribution >= 0.6 is 0 Å². The van der Waals surface area contributed by atoms with Crippen molar-refractivity contribution in [2.24, 2.45) is 0 Å². The average molecular weight is 376 g/mol. The number of benzene rings is 2. The summed E-state index contributed by atoms with van der Waals surface area (Å²) in [6.45, 7) is 4.21. The standard InChI is InChI=1S/C19H24N2O4S/c1-4-25-18-11-6-5-10-17(18)21(26(3,23)24)14-19(22)20-13-16-9-7-8-15(2)12-16/h5-12H,4,13-14H2,1-3H3,(H,20,22). The minimum absolute atomic E-state index is 0.311. The van der Waals surface area contributed by atoms with E-state index in [1.807, 2.05) is 38.1 Å². The molecule has 26 heavy (non-hydrogen) atoms.